The van der Waals surface area contributed by atoms with Gasteiger partial charge in [-0.25, -0.2) is 9.59 Å². The molecule has 8 heteroatoms. The summed E-state index contributed by atoms with van der Waals surface area (Å²) < 4.78 is 0. The molecule has 0 heterocycles. The van der Waals surface area contributed by atoms with Gasteiger partial charge in [0.05, 0.1) is 0 Å². The molecule has 11 heavy (non-hydrogen) atoms. The van der Waals surface area contributed by atoms with E-state index in [1.54, 1.807) is 0 Å². The Labute approximate surface area is 76.8 Å². The summed E-state index contributed by atoms with van der Waals surface area (Å²) in [5.74, 6) is -3.50. The first-order valence-electron chi connectivity index (χ1n) is 1.69. The molecule has 0 fully saturated rings. The van der Waals surface area contributed by atoms with Crippen molar-refractivity contribution in [1.82, 2.24) is 0 Å². The average molecular weight is 347 g/mol. The molecule has 0 spiro atoms. The fraction of sp³-hybridized carbons (Fsp3) is 0.333. The van der Waals surface area contributed by atoms with E-state index in [1.807, 2.05) is 0 Å². The predicted octanol–water partition coefficient (Wildman–Crippen LogP) is -0.0518. The van der Waals surface area contributed by atoms with Crippen LogP contribution in [0.3, 0.4) is 0 Å². The van der Waals surface area contributed by atoms with Crippen LogP contribution in [0.4, 0.5) is 0 Å². The second-order valence-electron chi connectivity index (χ2n) is 1.08. The summed E-state index contributed by atoms with van der Waals surface area (Å²) in [7, 11) is 0. The Morgan fingerprint density at radius 3 is 1.18 bits per heavy atom. The van der Waals surface area contributed by atoms with Crippen LogP contribution in [-0.4, -0.2) is 33.4 Å². The van der Waals surface area contributed by atoms with Crippen LogP contribution in [0, 0.1) is 0 Å². The van der Waals surface area contributed by atoms with Crippen molar-refractivity contribution in [3.05, 3.63) is 12.3 Å². The van der Waals surface area contributed by atoms with Crippen molar-refractivity contribution in [2.45, 2.75) is 6.10 Å². The Kier molecular flexibility index (Phi) is 19.4. The normalized spacial score (nSPS) is 6.73. The second kappa shape index (κ2) is 9.51. The zero-order valence-corrected chi connectivity index (χ0v) is 7.48. The van der Waals surface area contributed by atoms with Gasteiger partial charge in [0.15, 0.2) is 0 Å². The molecular weight excluding hydrogens is 339 g/mol. The number of rotatable bonds is 2. The summed E-state index contributed by atoms with van der Waals surface area (Å²) in [6.07, 6.45) is -2.30. The standard InChI is InChI=1S/C3H4O5.2H2N.Pt/c4-1(2(5)6)3(7)8;;;/h1,4H,(H,5,6)(H,7,8);2*1H2;/q;2*-1;+2. The van der Waals surface area contributed by atoms with Gasteiger partial charge >= 0.3 is 33.0 Å². The van der Waals surface area contributed by atoms with Crippen molar-refractivity contribution in [3.8, 4) is 0 Å². The van der Waals surface area contributed by atoms with Crippen LogP contribution >= 0.6 is 0 Å². The van der Waals surface area contributed by atoms with Crippen molar-refractivity contribution in [2.24, 2.45) is 0 Å². The Morgan fingerprint density at radius 1 is 1.00 bits per heavy atom. The van der Waals surface area contributed by atoms with Gasteiger partial charge in [0, 0.05) is 0 Å². The van der Waals surface area contributed by atoms with Gasteiger partial charge in [0.1, 0.15) is 0 Å². The molecule has 0 aromatic heterocycles. The minimum absolute atomic E-state index is 0. The van der Waals surface area contributed by atoms with Crippen LogP contribution in [0.1, 0.15) is 0 Å². The van der Waals surface area contributed by atoms with Crippen LogP contribution in [0.2, 0.25) is 0 Å². The quantitative estimate of drug-likeness (QED) is 0.596. The number of hydrogen-bond acceptors (Lipinski definition) is 3. The van der Waals surface area contributed by atoms with Gasteiger partial charge in [0.25, 0.3) is 0 Å². The first-order chi connectivity index (χ1) is 3.55. The fourth-order valence-electron chi connectivity index (χ4n) is 0.106. The molecular formula is C3H8N2O5Pt. The molecule has 0 rings (SSSR count). The molecule has 7 nitrogen and oxygen atoms in total. The van der Waals surface area contributed by atoms with E-state index in [0.29, 0.717) is 0 Å². The van der Waals surface area contributed by atoms with Crippen molar-refractivity contribution >= 4 is 11.9 Å². The van der Waals surface area contributed by atoms with Crippen LogP contribution in [0.15, 0.2) is 0 Å². The minimum Gasteiger partial charge on any atom is -0.693 e. The van der Waals surface area contributed by atoms with Crippen LogP contribution in [0.25, 0.3) is 12.3 Å². The molecule has 0 aromatic rings. The van der Waals surface area contributed by atoms with Crippen LogP contribution in [0.5, 0.6) is 0 Å². The van der Waals surface area contributed by atoms with E-state index >= 15 is 0 Å². The number of aliphatic carboxylic acids is 2. The third-order valence-corrected chi connectivity index (χ3v) is 0.468. The van der Waals surface area contributed by atoms with E-state index in [0.717, 1.165) is 0 Å². The van der Waals surface area contributed by atoms with E-state index in [4.69, 9.17) is 15.3 Å². The number of carboxylic acids is 2. The number of aliphatic hydroxyl groups is 1. The molecule has 70 valence electrons. The van der Waals surface area contributed by atoms with E-state index in [2.05, 4.69) is 0 Å². The van der Waals surface area contributed by atoms with Gasteiger partial charge in [-0.3, -0.25) is 0 Å². The molecule has 0 amide bonds. The van der Waals surface area contributed by atoms with Gasteiger partial charge in [0.2, 0.25) is 6.10 Å². The molecule has 0 aromatic carbocycles. The predicted molar refractivity (Wildman–Crippen MR) is 31.8 cm³/mol. The molecule has 7 N–H and O–H groups in total. The Balaban J connectivity index is -0.0000000817. The topological polar surface area (TPSA) is 162 Å². The largest absolute Gasteiger partial charge is 2.00 e. The third-order valence-electron chi connectivity index (χ3n) is 0.468. The average Bonchev–Trinajstić information content (AvgIpc) is 1.64. The zero-order valence-electron chi connectivity index (χ0n) is 5.21. The van der Waals surface area contributed by atoms with Gasteiger partial charge in [-0.15, -0.1) is 0 Å². The van der Waals surface area contributed by atoms with E-state index in [9.17, 15) is 9.59 Å². The Hall–Kier alpha value is -0.492. The monoisotopic (exact) mass is 347 g/mol. The maximum absolute atomic E-state index is 9.51. The number of hydrogen-bond donors (Lipinski definition) is 3. The Bertz CT molecular complexity index is 115. The van der Waals surface area contributed by atoms with Gasteiger partial charge in [-0.1, -0.05) is 0 Å². The molecule has 0 radical (unpaired) electrons. The fourth-order valence-corrected chi connectivity index (χ4v) is 0.106. The minimum atomic E-state index is -2.30. The summed E-state index contributed by atoms with van der Waals surface area (Å²) in [6, 6.07) is 0. The molecule has 0 aliphatic heterocycles. The Morgan fingerprint density at radius 2 is 1.18 bits per heavy atom. The molecule has 0 aliphatic rings. The van der Waals surface area contributed by atoms with Crippen LogP contribution < -0.4 is 0 Å². The number of carbonyl (C=O) groups is 2. The van der Waals surface area contributed by atoms with Crippen molar-refractivity contribution in [2.75, 3.05) is 0 Å². The molecule has 0 unspecified atom stereocenters. The van der Waals surface area contributed by atoms with Gasteiger partial charge in [-0.2, -0.15) is 0 Å². The zero-order chi connectivity index (χ0) is 6.73. The van der Waals surface area contributed by atoms with Crippen LogP contribution in [-0.2, 0) is 30.7 Å². The maximum atomic E-state index is 9.51. The summed E-state index contributed by atoms with van der Waals surface area (Å²) in [4.78, 5) is 19.0. The molecule has 0 bridgehead atoms. The first-order valence-corrected chi connectivity index (χ1v) is 1.69. The second-order valence-corrected chi connectivity index (χ2v) is 1.08. The van der Waals surface area contributed by atoms with Crippen molar-refractivity contribution < 1.29 is 46.0 Å². The maximum Gasteiger partial charge on any atom is 2.00 e. The van der Waals surface area contributed by atoms with E-state index < -0.39 is 18.0 Å². The van der Waals surface area contributed by atoms with E-state index in [1.165, 1.54) is 0 Å². The third kappa shape index (κ3) is 9.51. The van der Waals surface area contributed by atoms with Gasteiger partial charge < -0.3 is 27.6 Å². The van der Waals surface area contributed by atoms with E-state index in [-0.39, 0.29) is 33.4 Å². The number of nitrogens with two attached hydrogens (primary N) is 2. The first kappa shape index (κ1) is 22.4. The summed E-state index contributed by atoms with van der Waals surface area (Å²) in [5, 5.41) is 23.4. The molecule has 0 atom stereocenters. The molecule has 0 saturated carbocycles. The summed E-state index contributed by atoms with van der Waals surface area (Å²) in [5.41, 5.74) is 0. The van der Waals surface area contributed by atoms with Gasteiger partial charge in [-0.05, 0) is 0 Å². The number of aliphatic hydroxyl groups excluding tert-OH is 1. The summed E-state index contributed by atoms with van der Waals surface area (Å²) >= 11 is 0. The molecule has 0 saturated heterocycles. The van der Waals surface area contributed by atoms with Crippen molar-refractivity contribution in [3.63, 3.8) is 0 Å². The smallest absolute Gasteiger partial charge is 0.693 e. The molecule has 0 aliphatic carbocycles. The number of carboxylic acid groups (broad SMARTS) is 2. The van der Waals surface area contributed by atoms with Crippen molar-refractivity contribution in [1.29, 1.82) is 0 Å². The summed E-state index contributed by atoms with van der Waals surface area (Å²) in [6.45, 7) is 0. The SMILES string of the molecule is O=C(O)C(O)C(=O)O.[NH2-].[NH2-].[Pt+2].